The molecule has 0 radical (unpaired) electrons. The van der Waals surface area contributed by atoms with Crippen molar-refractivity contribution in [3.63, 3.8) is 0 Å². The summed E-state index contributed by atoms with van der Waals surface area (Å²) in [6.45, 7) is 4.19. The maximum Gasteiger partial charge on any atom is 0.303 e. The number of carbonyl (C=O) groups is 1. The smallest absolute Gasteiger partial charge is 0.303 e. The van der Waals surface area contributed by atoms with Gasteiger partial charge in [0.25, 0.3) is 0 Å². The Balaban J connectivity index is 2.23. The van der Waals surface area contributed by atoms with Crippen molar-refractivity contribution < 1.29 is 14.6 Å². The van der Waals surface area contributed by atoms with E-state index in [1.165, 1.54) is 0 Å². The van der Waals surface area contributed by atoms with E-state index < -0.39 is 5.97 Å². The van der Waals surface area contributed by atoms with Gasteiger partial charge in [0.15, 0.2) is 0 Å². The fraction of sp³-hybridized carbons (Fsp3) is 0.889. The molecule has 12 heavy (non-hydrogen) atoms. The third kappa shape index (κ3) is 2.48. The number of carboxylic acids is 1. The predicted octanol–water partition coefficient (Wildman–Crippen LogP) is 1.66. The van der Waals surface area contributed by atoms with Gasteiger partial charge in [-0.15, -0.1) is 0 Å². The fourth-order valence-electron chi connectivity index (χ4n) is 1.57. The summed E-state index contributed by atoms with van der Waals surface area (Å²) < 4.78 is 5.56. The van der Waals surface area contributed by atoms with Gasteiger partial charge in [-0.1, -0.05) is 6.92 Å². The molecular formula is C9H16O3. The molecule has 3 heteroatoms. The molecule has 0 spiro atoms. The monoisotopic (exact) mass is 172 g/mol. The first kappa shape index (κ1) is 9.52. The lowest BCUT2D eigenvalue weighted by Gasteiger charge is -2.08. The number of rotatable bonds is 3. The molecule has 1 aliphatic rings. The summed E-state index contributed by atoms with van der Waals surface area (Å²) in [7, 11) is 0. The molecule has 1 saturated heterocycles. The molecule has 1 unspecified atom stereocenters. The van der Waals surface area contributed by atoms with Crippen LogP contribution in [-0.2, 0) is 9.53 Å². The van der Waals surface area contributed by atoms with Crippen LogP contribution in [0.1, 0.15) is 33.1 Å². The minimum absolute atomic E-state index is 0.172. The maximum absolute atomic E-state index is 10.3. The van der Waals surface area contributed by atoms with Gasteiger partial charge < -0.3 is 9.84 Å². The normalized spacial score (nSPS) is 35.3. The SMILES string of the molecule is C[C@H]1CC(CCC(=O)O)O[C@@H]1C. The molecule has 0 amide bonds. The summed E-state index contributed by atoms with van der Waals surface area (Å²) in [4.78, 5) is 10.3. The zero-order valence-corrected chi connectivity index (χ0v) is 7.62. The molecule has 0 aliphatic carbocycles. The Labute approximate surface area is 72.7 Å². The van der Waals surface area contributed by atoms with Crippen molar-refractivity contribution in [2.24, 2.45) is 5.92 Å². The van der Waals surface area contributed by atoms with E-state index in [0.29, 0.717) is 18.4 Å². The van der Waals surface area contributed by atoms with Gasteiger partial charge in [0.05, 0.1) is 12.2 Å². The molecule has 0 aromatic rings. The molecule has 0 bridgehead atoms. The predicted molar refractivity (Wildman–Crippen MR) is 45.0 cm³/mol. The van der Waals surface area contributed by atoms with Crippen LogP contribution in [0.25, 0.3) is 0 Å². The minimum atomic E-state index is -0.731. The summed E-state index contributed by atoms with van der Waals surface area (Å²) >= 11 is 0. The van der Waals surface area contributed by atoms with Crippen molar-refractivity contribution >= 4 is 5.97 Å². The van der Waals surface area contributed by atoms with E-state index in [1.807, 2.05) is 6.92 Å². The van der Waals surface area contributed by atoms with Crippen LogP contribution in [0.4, 0.5) is 0 Å². The second-order valence-electron chi connectivity index (χ2n) is 3.61. The zero-order chi connectivity index (χ0) is 9.14. The second-order valence-corrected chi connectivity index (χ2v) is 3.61. The van der Waals surface area contributed by atoms with E-state index in [9.17, 15) is 4.79 Å². The van der Waals surface area contributed by atoms with Crippen LogP contribution in [0.5, 0.6) is 0 Å². The van der Waals surface area contributed by atoms with Gasteiger partial charge in [0, 0.05) is 6.42 Å². The van der Waals surface area contributed by atoms with Crippen LogP contribution in [0.2, 0.25) is 0 Å². The Morgan fingerprint density at radius 2 is 2.25 bits per heavy atom. The quantitative estimate of drug-likeness (QED) is 0.704. The van der Waals surface area contributed by atoms with Crippen LogP contribution < -0.4 is 0 Å². The Bertz CT molecular complexity index is 157. The Morgan fingerprint density at radius 3 is 2.67 bits per heavy atom. The molecule has 70 valence electrons. The fourth-order valence-corrected chi connectivity index (χ4v) is 1.57. The lowest BCUT2D eigenvalue weighted by Crippen LogP contribution is -2.10. The summed E-state index contributed by atoms with van der Waals surface area (Å²) in [5.74, 6) is -0.158. The molecule has 3 nitrogen and oxygen atoms in total. The highest BCUT2D eigenvalue weighted by molar-refractivity contribution is 5.66. The molecule has 1 fully saturated rings. The molecular weight excluding hydrogens is 156 g/mol. The van der Waals surface area contributed by atoms with E-state index in [0.717, 1.165) is 6.42 Å². The van der Waals surface area contributed by atoms with Crippen molar-refractivity contribution in [1.82, 2.24) is 0 Å². The molecule has 1 heterocycles. The van der Waals surface area contributed by atoms with Crippen LogP contribution in [0.15, 0.2) is 0 Å². The number of aliphatic carboxylic acids is 1. The number of carboxylic acid groups (broad SMARTS) is 1. The van der Waals surface area contributed by atoms with Crippen LogP contribution in [0, 0.1) is 5.92 Å². The largest absolute Gasteiger partial charge is 0.481 e. The Hall–Kier alpha value is -0.570. The van der Waals surface area contributed by atoms with Crippen molar-refractivity contribution in [1.29, 1.82) is 0 Å². The third-order valence-electron chi connectivity index (χ3n) is 2.52. The van der Waals surface area contributed by atoms with E-state index in [-0.39, 0.29) is 12.5 Å². The number of hydrogen-bond acceptors (Lipinski definition) is 2. The molecule has 1 N–H and O–H groups in total. The van der Waals surface area contributed by atoms with Crippen LogP contribution >= 0.6 is 0 Å². The highest BCUT2D eigenvalue weighted by atomic mass is 16.5. The zero-order valence-electron chi connectivity index (χ0n) is 7.62. The molecule has 1 rings (SSSR count). The number of hydrogen-bond donors (Lipinski definition) is 1. The summed E-state index contributed by atoms with van der Waals surface area (Å²) in [5.41, 5.74) is 0. The topological polar surface area (TPSA) is 46.5 Å². The minimum Gasteiger partial charge on any atom is -0.481 e. The first-order chi connectivity index (χ1) is 5.59. The molecule has 0 aromatic carbocycles. The Morgan fingerprint density at radius 1 is 1.58 bits per heavy atom. The van der Waals surface area contributed by atoms with Crippen molar-refractivity contribution in [2.75, 3.05) is 0 Å². The molecule has 3 atom stereocenters. The van der Waals surface area contributed by atoms with Gasteiger partial charge in [-0.05, 0) is 25.7 Å². The van der Waals surface area contributed by atoms with Crippen molar-refractivity contribution in [3.05, 3.63) is 0 Å². The van der Waals surface area contributed by atoms with E-state index in [2.05, 4.69) is 6.92 Å². The molecule has 0 saturated carbocycles. The molecule has 0 aromatic heterocycles. The average Bonchev–Trinajstić information content (AvgIpc) is 2.28. The third-order valence-corrected chi connectivity index (χ3v) is 2.52. The standard InChI is InChI=1S/C9H16O3/c1-6-5-8(12-7(6)2)3-4-9(10)11/h6-8H,3-5H2,1-2H3,(H,10,11)/t6-,7+,8?/m0/s1. The Kier molecular flexibility index (Phi) is 3.09. The lowest BCUT2D eigenvalue weighted by molar-refractivity contribution is -0.137. The lowest BCUT2D eigenvalue weighted by atomic mass is 10.0. The first-order valence-corrected chi connectivity index (χ1v) is 4.47. The van der Waals surface area contributed by atoms with Crippen molar-refractivity contribution in [3.8, 4) is 0 Å². The van der Waals surface area contributed by atoms with E-state index >= 15 is 0 Å². The van der Waals surface area contributed by atoms with Gasteiger partial charge in [-0.2, -0.15) is 0 Å². The number of ether oxygens (including phenoxy) is 1. The summed E-state index contributed by atoms with van der Waals surface area (Å²) in [6.07, 6.45) is 2.36. The van der Waals surface area contributed by atoms with Gasteiger partial charge in [0.1, 0.15) is 0 Å². The van der Waals surface area contributed by atoms with Crippen LogP contribution in [0.3, 0.4) is 0 Å². The van der Waals surface area contributed by atoms with Gasteiger partial charge in [-0.3, -0.25) is 4.79 Å². The molecule has 1 aliphatic heterocycles. The maximum atomic E-state index is 10.3. The highest BCUT2D eigenvalue weighted by Gasteiger charge is 2.28. The van der Waals surface area contributed by atoms with Crippen molar-refractivity contribution in [2.45, 2.75) is 45.3 Å². The van der Waals surface area contributed by atoms with E-state index in [4.69, 9.17) is 9.84 Å². The van der Waals surface area contributed by atoms with Gasteiger partial charge in [0.2, 0.25) is 0 Å². The first-order valence-electron chi connectivity index (χ1n) is 4.47. The summed E-state index contributed by atoms with van der Waals surface area (Å²) in [6, 6.07) is 0. The van der Waals surface area contributed by atoms with Crippen LogP contribution in [-0.4, -0.2) is 23.3 Å². The highest BCUT2D eigenvalue weighted by Crippen LogP contribution is 2.27. The average molecular weight is 172 g/mol. The second kappa shape index (κ2) is 3.90. The van der Waals surface area contributed by atoms with Gasteiger partial charge in [-0.25, -0.2) is 0 Å². The van der Waals surface area contributed by atoms with E-state index in [1.54, 1.807) is 0 Å². The summed E-state index contributed by atoms with van der Waals surface area (Å²) in [5, 5.41) is 8.45. The van der Waals surface area contributed by atoms with Gasteiger partial charge >= 0.3 is 5.97 Å².